The van der Waals surface area contributed by atoms with E-state index in [1.54, 1.807) is 0 Å². The average molecular weight is 365 g/mol. The lowest BCUT2D eigenvalue weighted by molar-refractivity contribution is -0.136. The number of benzene rings is 1. The molecule has 0 aliphatic carbocycles. The average Bonchev–Trinajstić information content (AvgIpc) is 2.55. The fourth-order valence-electron chi connectivity index (χ4n) is 2.00. The van der Waals surface area contributed by atoms with Crippen molar-refractivity contribution in [1.82, 2.24) is 5.32 Å². The van der Waals surface area contributed by atoms with E-state index in [0.717, 1.165) is 0 Å². The van der Waals surface area contributed by atoms with Gasteiger partial charge in [-0.15, -0.1) is 0 Å². The number of aliphatic carboxylic acids is 1. The number of rotatable bonds is 10. The molecule has 0 aliphatic rings. The number of anilines is 1. The molecular weight excluding hydrogens is 342 g/mol. The Morgan fingerprint density at radius 1 is 1.12 bits per heavy atom. The lowest BCUT2D eigenvalue weighted by atomic mass is 10.1. The second kappa shape index (κ2) is 10.5. The number of hydrogen-bond donors (Lipinski definition) is 6. The number of aliphatic imine (C=N–C) groups is 1. The molecule has 0 unspecified atom stereocenters. The van der Waals surface area contributed by atoms with Crippen LogP contribution in [0.2, 0.25) is 0 Å². The second-order valence-electron chi connectivity index (χ2n) is 5.44. The first-order valence-corrected chi connectivity index (χ1v) is 7.98. The number of nitrogens with one attached hydrogen (secondary N) is 2. The van der Waals surface area contributed by atoms with E-state index in [9.17, 15) is 19.5 Å². The smallest absolute Gasteiger partial charge is 0.305 e. The first-order chi connectivity index (χ1) is 12.3. The van der Waals surface area contributed by atoms with E-state index < -0.39 is 11.9 Å². The molecule has 0 aliphatic heterocycles. The Morgan fingerprint density at radius 2 is 1.85 bits per heavy atom. The van der Waals surface area contributed by atoms with Crippen LogP contribution in [0.1, 0.15) is 36.0 Å². The van der Waals surface area contributed by atoms with Crippen molar-refractivity contribution in [2.45, 2.75) is 25.7 Å². The van der Waals surface area contributed by atoms with Crippen molar-refractivity contribution < 1.29 is 24.6 Å². The van der Waals surface area contributed by atoms with E-state index in [0.29, 0.717) is 25.1 Å². The van der Waals surface area contributed by atoms with Gasteiger partial charge in [0.25, 0.3) is 5.91 Å². The van der Waals surface area contributed by atoms with Crippen LogP contribution in [-0.2, 0) is 9.59 Å². The lowest BCUT2D eigenvalue weighted by Gasteiger charge is -2.09. The third kappa shape index (κ3) is 7.99. The Labute approximate surface area is 150 Å². The van der Waals surface area contributed by atoms with Crippen molar-refractivity contribution in [1.29, 1.82) is 0 Å². The summed E-state index contributed by atoms with van der Waals surface area (Å²) in [4.78, 5) is 38.1. The van der Waals surface area contributed by atoms with Crippen molar-refractivity contribution in [3.8, 4) is 5.75 Å². The number of carboxylic acids is 1. The van der Waals surface area contributed by atoms with Crippen molar-refractivity contribution in [2.24, 2.45) is 16.5 Å². The van der Waals surface area contributed by atoms with Crippen LogP contribution in [-0.4, -0.2) is 47.0 Å². The third-order valence-corrected chi connectivity index (χ3v) is 3.26. The third-order valence-electron chi connectivity index (χ3n) is 3.26. The maximum Gasteiger partial charge on any atom is 0.305 e. The number of phenolic OH excluding ortho intramolecular Hbond substituents is 1. The van der Waals surface area contributed by atoms with Crippen molar-refractivity contribution in [3.05, 3.63) is 23.8 Å². The predicted octanol–water partition coefficient (Wildman–Crippen LogP) is -0.0211. The number of aromatic hydroxyl groups is 1. The molecule has 1 rings (SSSR count). The van der Waals surface area contributed by atoms with E-state index in [1.807, 2.05) is 0 Å². The highest BCUT2D eigenvalue weighted by Crippen LogP contribution is 2.21. The van der Waals surface area contributed by atoms with E-state index in [1.165, 1.54) is 18.2 Å². The Balaban J connectivity index is 2.54. The molecule has 0 saturated heterocycles. The van der Waals surface area contributed by atoms with Gasteiger partial charge in [0.15, 0.2) is 5.96 Å². The van der Waals surface area contributed by atoms with Crippen molar-refractivity contribution in [3.63, 3.8) is 0 Å². The Morgan fingerprint density at radius 3 is 2.50 bits per heavy atom. The zero-order valence-electron chi connectivity index (χ0n) is 14.2. The van der Waals surface area contributed by atoms with Gasteiger partial charge in [-0.05, 0) is 31.0 Å². The summed E-state index contributed by atoms with van der Waals surface area (Å²) >= 11 is 0. The van der Waals surface area contributed by atoms with Gasteiger partial charge in [0.05, 0.1) is 12.0 Å². The zero-order chi connectivity index (χ0) is 19.5. The number of carboxylic acid groups (broad SMARTS) is 1. The molecule has 10 heteroatoms. The monoisotopic (exact) mass is 365 g/mol. The minimum Gasteiger partial charge on any atom is -0.507 e. The number of nitrogens with zero attached hydrogens (tertiary/aromatic N) is 1. The van der Waals surface area contributed by atoms with Gasteiger partial charge in [0.2, 0.25) is 5.91 Å². The largest absolute Gasteiger partial charge is 0.507 e. The van der Waals surface area contributed by atoms with E-state index >= 15 is 0 Å². The molecule has 10 nitrogen and oxygen atoms in total. The molecule has 26 heavy (non-hydrogen) atoms. The molecule has 0 atom stereocenters. The highest BCUT2D eigenvalue weighted by atomic mass is 16.4. The minimum absolute atomic E-state index is 0.00713. The van der Waals surface area contributed by atoms with Gasteiger partial charge < -0.3 is 32.3 Å². The summed E-state index contributed by atoms with van der Waals surface area (Å²) in [5, 5.41) is 23.3. The topological polar surface area (TPSA) is 180 Å². The molecule has 0 fully saturated rings. The van der Waals surface area contributed by atoms with Crippen LogP contribution in [0.15, 0.2) is 23.2 Å². The summed E-state index contributed by atoms with van der Waals surface area (Å²) < 4.78 is 0. The summed E-state index contributed by atoms with van der Waals surface area (Å²) in [5.41, 5.74) is 10.7. The molecule has 0 bridgehead atoms. The van der Waals surface area contributed by atoms with Gasteiger partial charge in [-0.2, -0.15) is 0 Å². The number of unbranched alkanes of at least 4 members (excludes halogenated alkanes) is 1. The Hall–Kier alpha value is -3.30. The van der Waals surface area contributed by atoms with Crippen molar-refractivity contribution >= 4 is 29.4 Å². The minimum atomic E-state index is -1.05. The molecule has 0 aromatic heterocycles. The van der Waals surface area contributed by atoms with E-state index in [4.69, 9.17) is 16.6 Å². The number of carbonyl (C=O) groups is 3. The molecule has 1 aromatic carbocycles. The molecule has 0 saturated carbocycles. The fraction of sp³-hybridized carbons (Fsp3) is 0.375. The van der Waals surface area contributed by atoms with Crippen LogP contribution >= 0.6 is 0 Å². The maximum absolute atomic E-state index is 12.0. The van der Waals surface area contributed by atoms with Gasteiger partial charge in [0, 0.05) is 25.2 Å². The lowest BCUT2D eigenvalue weighted by Crippen LogP contribution is -2.26. The molecule has 1 aromatic rings. The van der Waals surface area contributed by atoms with Crippen LogP contribution in [0, 0.1) is 0 Å². The Kier molecular flexibility index (Phi) is 8.41. The standard InChI is InChI=1S/C16H23N5O5/c17-16(18)20-7-2-1-3-13(23)21-10-4-5-12(22)11(9-10)15(26)19-8-6-14(24)25/h4-5,9,22H,1-3,6-8H2,(H,19,26)(H,21,23)(H,24,25)(H4,17,18,20). The Bertz CT molecular complexity index is 686. The van der Waals surface area contributed by atoms with Crippen LogP contribution in [0.5, 0.6) is 5.75 Å². The summed E-state index contributed by atoms with van der Waals surface area (Å²) in [6, 6.07) is 4.06. The van der Waals surface area contributed by atoms with E-state index in [-0.39, 0.29) is 42.6 Å². The highest BCUT2D eigenvalue weighted by molar-refractivity contribution is 5.99. The molecule has 0 spiro atoms. The highest BCUT2D eigenvalue weighted by Gasteiger charge is 2.13. The SMILES string of the molecule is NC(N)=NCCCCC(=O)Nc1ccc(O)c(C(=O)NCCC(=O)O)c1. The summed E-state index contributed by atoms with van der Waals surface area (Å²) in [6.07, 6.45) is 1.26. The summed E-state index contributed by atoms with van der Waals surface area (Å²) in [6.45, 7) is 0.371. The number of nitrogens with two attached hydrogens (primary N) is 2. The maximum atomic E-state index is 12.0. The molecule has 2 amide bonds. The first-order valence-electron chi connectivity index (χ1n) is 7.98. The van der Waals surface area contributed by atoms with Gasteiger partial charge in [0.1, 0.15) is 5.75 Å². The van der Waals surface area contributed by atoms with Gasteiger partial charge in [-0.3, -0.25) is 19.4 Å². The molecular formula is C16H23N5O5. The van der Waals surface area contributed by atoms with Crippen LogP contribution in [0.3, 0.4) is 0 Å². The summed E-state index contributed by atoms with van der Waals surface area (Å²) in [5.74, 6) is -2.19. The number of amides is 2. The zero-order valence-corrected chi connectivity index (χ0v) is 14.2. The van der Waals surface area contributed by atoms with Crippen LogP contribution in [0.25, 0.3) is 0 Å². The first kappa shape index (κ1) is 20.7. The van der Waals surface area contributed by atoms with E-state index in [2.05, 4.69) is 15.6 Å². The molecule has 0 radical (unpaired) electrons. The molecule has 0 heterocycles. The number of phenols is 1. The molecule has 142 valence electrons. The van der Waals surface area contributed by atoms with Crippen LogP contribution in [0.4, 0.5) is 5.69 Å². The molecule has 8 N–H and O–H groups in total. The second-order valence-corrected chi connectivity index (χ2v) is 5.44. The van der Waals surface area contributed by atoms with Crippen LogP contribution < -0.4 is 22.1 Å². The van der Waals surface area contributed by atoms with Crippen molar-refractivity contribution in [2.75, 3.05) is 18.4 Å². The fourth-order valence-corrected chi connectivity index (χ4v) is 2.00. The van der Waals surface area contributed by atoms with Gasteiger partial charge >= 0.3 is 5.97 Å². The number of carbonyl (C=O) groups excluding carboxylic acids is 2. The normalized spacial score (nSPS) is 10.0. The summed E-state index contributed by atoms with van der Waals surface area (Å²) in [7, 11) is 0. The quantitative estimate of drug-likeness (QED) is 0.146. The van der Waals surface area contributed by atoms with Gasteiger partial charge in [-0.25, -0.2) is 0 Å². The number of guanidine groups is 1. The number of hydrogen-bond acceptors (Lipinski definition) is 5. The van der Waals surface area contributed by atoms with Gasteiger partial charge in [-0.1, -0.05) is 0 Å². The predicted molar refractivity (Wildman–Crippen MR) is 95.9 cm³/mol.